The predicted octanol–water partition coefficient (Wildman–Crippen LogP) is 6.91. The molecule has 200 valence electrons. The molecule has 1 heterocycles. The molecule has 11 heteroatoms. The number of pyridine rings is 1. The number of aromatic nitrogens is 1. The van der Waals surface area contributed by atoms with E-state index < -0.39 is 35.1 Å². The molecule has 2 aromatic carbocycles. The minimum absolute atomic E-state index is 0.0140. The third kappa shape index (κ3) is 5.09. The van der Waals surface area contributed by atoms with E-state index >= 15 is 0 Å². The van der Waals surface area contributed by atoms with Gasteiger partial charge in [0.1, 0.15) is 16.3 Å². The predicted molar refractivity (Wildman–Crippen MR) is 143 cm³/mol. The molecular weight excluding hydrogens is 605 g/mol. The molecule has 2 fully saturated rings. The van der Waals surface area contributed by atoms with E-state index in [4.69, 9.17) is 11.6 Å². The second-order valence-corrected chi connectivity index (χ2v) is 12.2. The highest BCUT2D eigenvalue weighted by Crippen LogP contribution is 2.57. The maximum absolute atomic E-state index is 14.7. The lowest BCUT2D eigenvalue weighted by Gasteiger charge is -2.45. The lowest BCUT2D eigenvalue weighted by atomic mass is 9.69. The maximum atomic E-state index is 14.7. The Morgan fingerprint density at radius 3 is 2.50 bits per heavy atom. The van der Waals surface area contributed by atoms with Crippen molar-refractivity contribution in [2.75, 3.05) is 5.32 Å². The summed E-state index contributed by atoms with van der Waals surface area (Å²) in [5.41, 5.74) is -1.03. The Labute approximate surface area is 234 Å². The number of hydrogen-bond acceptors (Lipinski definition) is 5. The first-order valence-corrected chi connectivity index (χ1v) is 14.1. The van der Waals surface area contributed by atoms with Crippen LogP contribution in [-0.4, -0.2) is 32.0 Å². The standard InChI is InChI=1S/C27H23BrClF3N2O3S/c28-25-23(32)18(7-8-33-25)24(35)27(37)14-2-3-15(27)11-17(10-14)38-22-9-13(1-5-19(22)29)26(36)34-16-4-6-20(30)21(31)12-16/h1,4-9,12,14-15,17,24,35,37H,2-3,10-11H2,(H,34,36)/t14-,15+,17+,24?,27+. The van der Waals surface area contributed by atoms with E-state index in [1.54, 1.807) is 18.2 Å². The van der Waals surface area contributed by atoms with Crippen LogP contribution in [-0.2, 0) is 0 Å². The Morgan fingerprint density at radius 2 is 1.82 bits per heavy atom. The third-order valence-corrected chi connectivity index (χ3v) is 9.84. The van der Waals surface area contributed by atoms with E-state index in [2.05, 4.69) is 26.2 Å². The van der Waals surface area contributed by atoms with Gasteiger partial charge in [0.25, 0.3) is 5.91 Å². The van der Waals surface area contributed by atoms with Gasteiger partial charge in [-0.25, -0.2) is 18.2 Å². The molecule has 5 atom stereocenters. The van der Waals surface area contributed by atoms with Gasteiger partial charge < -0.3 is 15.5 Å². The average Bonchev–Trinajstić information content (AvgIpc) is 3.05. The Balaban J connectivity index is 1.31. The van der Waals surface area contributed by atoms with E-state index in [9.17, 15) is 28.2 Å². The van der Waals surface area contributed by atoms with Crippen molar-refractivity contribution in [3.63, 3.8) is 0 Å². The third-order valence-electron chi connectivity index (χ3n) is 7.54. The summed E-state index contributed by atoms with van der Waals surface area (Å²) < 4.78 is 41.4. The molecule has 3 aromatic rings. The Hall–Kier alpha value is -2.11. The van der Waals surface area contributed by atoms with Crippen molar-refractivity contribution in [1.82, 2.24) is 4.98 Å². The Bertz CT molecular complexity index is 1380. The van der Waals surface area contributed by atoms with Crippen molar-refractivity contribution >= 4 is 50.9 Å². The van der Waals surface area contributed by atoms with E-state index in [1.807, 2.05) is 0 Å². The second-order valence-electron chi connectivity index (χ2n) is 9.71. The van der Waals surface area contributed by atoms with Gasteiger partial charge in [0.15, 0.2) is 17.5 Å². The fourth-order valence-electron chi connectivity index (χ4n) is 5.67. The van der Waals surface area contributed by atoms with Gasteiger partial charge in [0.2, 0.25) is 0 Å². The van der Waals surface area contributed by atoms with Crippen LogP contribution in [0.25, 0.3) is 0 Å². The number of thioether (sulfide) groups is 1. The van der Waals surface area contributed by atoms with Gasteiger partial charge in [-0.05, 0) is 89.8 Å². The normalized spacial score (nSPS) is 25.3. The Kier molecular flexibility index (Phi) is 7.81. The summed E-state index contributed by atoms with van der Waals surface area (Å²) in [7, 11) is 0. The molecule has 2 aliphatic rings. The van der Waals surface area contributed by atoms with E-state index in [-0.39, 0.29) is 32.9 Å². The van der Waals surface area contributed by atoms with Crippen molar-refractivity contribution in [1.29, 1.82) is 0 Å². The summed E-state index contributed by atoms with van der Waals surface area (Å²) >= 11 is 11.0. The number of halogens is 5. The molecule has 5 rings (SSSR count). The maximum Gasteiger partial charge on any atom is 0.255 e. The Morgan fingerprint density at radius 1 is 1.11 bits per heavy atom. The number of anilines is 1. The van der Waals surface area contributed by atoms with Crippen molar-refractivity contribution in [3.05, 3.63) is 86.9 Å². The molecule has 2 aliphatic carbocycles. The van der Waals surface area contributed by atoms with Crippen LogP contribution >= 0.6 is 39.3 Å². The molecule has 0 aliphatic heterocycles. The summed E-state index contributed by atoms with van der Waals surface area (Å²) in [6, 6.07) is 9.29. The fourth-order valence-corrected chi connectivity index (χ4v) is 7.66. The van der Waals surface area contributed by atoms with Gasteiger partial charge in [-0.1, -0.05) is 11.6 Å². The highest BCUT2D eigenvalue weighted by molar-refractivity contribution is 9.10. The molecule has 5 nitrogen and oxygen atoms in total. The highest BCUT2D eigenvalue weighted by atomic mass is 79.9. The van der Waals surface area contributed by atoms with Gasteiger partial charge >= 0.3 is 0 Å². The largest absolute Gasteiger partial charge is 0.386 e. The van der Waals surface area contributed by atoms with Gasteiger partial charge in [0, 0.05) is 39.2 Å². The van der Waals surface area contributed by atoms with E-state index in [0.29, 0.717) is 41.2 Å². The monoisotopic (exact) mass is 626 g/mol. The summed E-state index contributed by atoms with van der Waals surface area (Å²) in [5, 5.41) is 25.8. The number of carbonyl (C=O) groups is 1. The lowest BCUT2D eigenvalue weighted by molar-refractivity contribution is -0.145. The minimum Gasteiger partial charge on any atom is -0.386 e. The van der Waals surface area contributed by atoms with Crippen LogP contribution in [0.1, 0.15) is 47.7 Å². The number of benzene rings is 2. The number of amides is 1. The number of carbonyl (C=O) groups excluding carboxylic acids is 1. The second kappa shape index (κ2) is 10.8. The number of fused-ring (bicyclic) bond motifs is 2. The van der Waals surface area contributed by atoms with Crippen LogP contribution in [0.15, 0.2) is 58.2 Å². The van der Waals surface area contributed by atoms with Gasteiger partial charge in [0.05, 0.1) is 5.02 Å². The van der Waals surface area contributed by atoms with Crippen LogP contribution in [0.3, 0.4) is 0 Å². The minimum atomic E-state index is -1.46. The zero-order chi connectivity index (χ0) is 27.2. The number of aliphatic hydroxyl groups excluding tert-OH is 1. The molecule has 2 bridgehead atoms. The quantitative estimate of drug-likeness (QED) is 0.259. The molecule has 2 saturated carbocycles. The van der Waals surface area contributed by atoms with E-state index in [1.165, 1.54) is 30.1 Å². The first-order chi connectivity index (χ1) is 18.1. The molecule has 1 unspecified atom stereocenters. The van der Waals surface area contributed by atoms with E-state index in [0.717, 1.165) is 12.1 Å². The molecule has 1 amide bonds. The number of nitrogens with zero attached hydrogens (tertiary/aromatic N) is 1. The molecule has 0 spiro atoms. The zero-order valence-electron chi connectivity index (χ0n) is 19.8. The van der Waals surface area contributed by atoms with Crippen LogP contribution in [0.4, 0.5) is 18.9 Å². The summed E-state index contributed by atoms with van der Waals surface area (Å²) in [5.74, 6) is -3.76. The number of rotatable bonds is 6. The first-order valence-electron chi connectivity index (χ1n) is 12.0. The van der Waals surface area contributed by atoms with Gasteiger partial charge in [-0.2, -0.15) is 0 Å². The van der Waals surface area contributed by atoms with Crippen molar-refractivity contribution in [2.24, 2.45) is 11.8 Å². The van der Waals surface area contributed by atoms with Crippen LogP contribution in [0, 0.1) is 29.3 Å². The summed E-state index contributed by atoms with van der Waals surface area (Å²) in [6.07, 6.45) is 2.54. The first kappa shape index (κ1) is 27.5. The molecule has 0 saturated heterocycles. The van der Waals surface area contributed by atoms with Crippen LogP contribution in [0.2, 0.25) is 5.02 Å². The topological polar surface area (TPSA) is 82.5 Å². The van der Waals surface area contributed by atoms with Crippen molar-refractivity contribution in [2.45, 2.75) is 47.5 Å². The smallest absolute Gasteiger partial charge is 0.255 e. The molecule has 3 N–H and O–H groups in total. The molecule has 1 aromatic heterocycles. The summed E-state index contributed by atoms with van der Waals surface area (Å²) in [6.45, 7) is 0. The number of hydrogen-bond donors (Lipinski definition) is 3. The number of nitrogens with one attached hydrogen (secondary N) is 1. The molecule has 0 radical (unpaired) electrons. The van der Waals surface area contributed by atoms with Gasteiger partial charge in [-0.3, -0.25) is 4.79 Å². The van der Waals surface area contributed by atoms with Crippen molar-refractivity contribution in [3.8, 4) is 0 Å². The number of aliphatic hydroxyl groups is 2. The van der Waals surface area contributed by atoms with Crippen molar-refractivity contribution < 1.29 is 28.2 Å². The van der Waals surface area contributed by atoms with Crippen LogP contribution in [0.5, 0.6) is 0 Å². The zero-order valence-corrected chi connectivity index (χ0v) is 23.0. The lowest BCUT2D eigenvalue weighted by Crippen LogP contribution is -2.50. The SMILES string of the molecule is O=C(Nc1ccc(F)c(F)c1)c1ccc(Cl)c(S[C@H]2C[C@H]3CC[C@@H](C2)[C@]3(O)C(O)c2ccnc(Br)c2F)c1. The molecule has 38 heavy (non-hydrogen) atoms. The van der Waals surface area contributed by atoms with Gasteiger partial charge in [-0.15, -0.1) is 11.8 Å². The summed E-state index contributed by atoms with van der Waals surface area (Å²) in [4.78, 5) is 17.3. The highest BCUT2D eigenvalue weighted by Gasteiger charge is 2.58. The van der Waals surface area contributed by atoms with Crippen LogP contribution < -0.4 is 5.32 Å². The average molecular weight is 628 g/mol. The molecular formula is C27H23BrClF3N2O3S. The fraction of sp³-hybridized carbons (Fsp3) is 0.333.